The number of hydrogen-bond donors (Lipinski definition) is 0. The van der Waals surface area contributed by atoms with Gasteiger partial charge in [0.25, 0.3) is 0 Å². The van der Waals surface area contributed by atoms with Crippen LogP contribution in [0.25, 0.3) is 0 Å². The Morgan fingerprint density at radius 2 is 1.22 bits per heavy atom. The zero-order chi connectivity index (χ0) is 13.1. The normalized spacial score (nSPS) is 13.3. The van der Waals surface area contributed by atoms with Gasteiger partial charge in [-0.15, -0.1) is 0 Å². The summed E-state index contributed by atoms with van der Waals surface area (Å²) in [5.41, 5.74) is 0. The molecule has 0 spiro atoms. The molecule has 0 saturated heterocycles. The monoisotopic (exact) mass is 261 g/mol. The summed E-state index contributed by atoms with van der Waals surface area (Å²) in [7, 11) is 0. The average molecular weight is 261 g/mol. The molecule has 0 N–H and O–H groups in total. The van der Waals surface area contributed by atoms with Gasteiger partial charge in [-0.1, -0.05) is 0 Å². The molecular formula is C14H16NO2P. The standard InChI is InChI=1S/C14H16NO2P/c1-18(2,17-15-16,13-9-5-3-6-10-13)14-11-7-4-8-12-14/h3-12H,1-2H3. The Labute approximate surface area is 107 Å². The third-order valence-electron chi connectivity index (χ3n) is 3.29. The van der Waals surface area contributed by atoms with Crippen molar-refractivity contribution in [3.05, 3.63) is 65.6 Å². The van der Waals surface area contributed by atoms with Crippen molar-refractivity contribution in [3.63, 3.8) is 0 Å². The van der Waals surface area contributed by atoms with E-state index in [1.54, 1.807) is 0 Å². The van der Waals surface area contributed by atoms with Crippen LogP contribution in [0.1, 0.15) is 0 Å². The van der Waals surface area contributed by atoms with E-state index in [-0.39, 0.29) is 0 Å². The quantitative estimate of drug-likeness (QED) is 0.482. The van der Waals surface area contributed by atoms with Crippen molar-refractivity contribution in [2.75, 3.05) is 13.3 Å². The third-order valence-corrected chi connectivity index (χ3v) is 7.45. The van der Waals surface area contributed by atoms with Crippen molar-refractivity contribution in [3.8, 4) is 0 Å². The van der Waals surface area contributed by atoms with E-state index in [4.69, 9.17) is 4.62 Å². The summed E-state index contributed by atoms with van der Waals surface area (Å²) < 4.78 is 5.39. The molecule has 94 valence electrons. The van der Waals surface area contributed by atoms with Gasteiger partial charge in [0.15, 0.2) is 0 Å². The van der Waals surface area contributed by atoms with E-state index < -0.39 is 6.83 Å². The van der Waals surface area contributed by atoms with Gasteiger partial charge in [0.2, 0.25) is 0 Å². The molecule has 0 heterocycles. The fourth-order valence-corrected chi connectivity index (χ4v) is 4.83. The van der Waals surface area contributed by atoms with Crippen LogP contribution in [0, 0.1) is 4.91 Å². The molecule has 0 fully saturated rings. The number of hydrogen-bond acceptors (Lipinski definition) is 3. The topological polar surface area (TPSA) is 38.7 Å². The minimum atomic E-state index is -2.97. The molecule has 2 aromatic rings. The predicted molar refractivity (Wildman–Crippen MR) is 77.8 cm³/mol. The number of nitrogens with zero attached hydrogens (tertiary/aromatic N) is 1. The van der Waals surface area contributed by atoms with Gasteiger partial charge >= 0.3 is 106 Å². The first-order valence-electron chi connectivity index (χ1n) is 5.71. The molecule has 0 aliphatic heterocycles. The summed E-state index contributed by atoms with van der Waals surface area (Å²) in [5.74, 6) is 0. The molecule has 0 saturated carbocycles. The van der Waals surface area contributed by atoms with Crippen molar-refractivity contribution in [1.82, 2.24) is 0 Å². The summed E-state index contributed by atoms with van der Waals surface area (Å²) in [4.78, 5) is 10.7. The van der Waals surface area contributed by atoms with Crippen molar-refractivity contribution in [2.45, 2.75) is 0 Å². The van der Waals surface area contributed by atoms with Crippen molar-refractivity contribution in [2.24, 2.45) is 5.34 Å². The molecule has 0 unspecified atom stereocenters. The van der Waals surface area contributed by atoms with Crippen molar-refractivity contribution < 1.29 is 4.62 Å². The molecule has 4 heteroatoms. The average Bonchev–Trinajstić information content (AvgIpc) is 2.41. The molecule has 0 bridgehead atoms. The van der Waals surface area contributed by atoms with Crippen LogP contribution in [-0.4, -0.2) is 13.3 Å². The SMILES string of the molecule is CP(C)(ON=O)(c1ccccc1)c1ccccc1. The van der Waals surface area contributed by atoms with Crippen LogP contribution in [0.15, 0.2) is 66.0 Å². The van der Waals surface area contributed by atoms with Gasteiger partial charge in [0.05, 0.1) is 0 Å². The third kappa shape index (κ3) is 2.02. The maximum absolute atomic E-state index is 10.7. The zero-order valence-electron chi connectivity index (χ0n) is 10.5. The molecular weight excluding hydrogens is 245 g/mol. The summed E-state index contributed by atoms with van der Waals surface area (Å²) >= 11 is 0. The number of rotatable bonds is 4. The van der Waals surface area contributed by atoms with E-state index in [9.17, 15) is 4.91 Å². The van der Waals surface area contributed by atoms with Gasteiger partial charge < -0.3 is 0 Å². The van der Waals surface area contributed by atoms with Crippen LogP contribution < -0.4 is 10.6 Å². The van der Waals surface area contributed by atoms with E-state index in [2.05, 4.69) is 5.34 Å². The van der Waals surface area contributed by atoms with Crippen LogP contribution >= 0.6 is 6.83 Å². The van der Waals surface area contributed by atoms with E-state index in [1.807, 2.05) is 74.0 Å². The van der Waals surface area contributed by atoms with E-state index in [0.717, 1.165) is 10.6 Å². The Kier molecular flexibility index (Phi) is 3.18. The van der Waals surface area contributed by atoms with E-state index >= 15 is 0 Å². The van der Waals surface area contributed by atoms with Crippen molar-refractivity contribution in [1.29, 1.82) is 0 Å². The first-order chi connectivity index (χ1) is 8.57. The molecule has 18 heavy (non-hydrogen) atoms. The fourth-order valence-electron chi connectivity index (χ4n) is 2.07. The predicted octanol–water partition coefficient (Wildman–Crippen LogP) is 3.06. The second-order valence-corrected chi connectivity index (χ2v) is 10.0. The van der Waals surface area contributed by atoms with Crippen LogP contribution in [0.5, 0.6) is 0 Å². The second kappa shape index (κ2) is 4.51. The van der Waals surface area contributed by atoms with Gasteiger partial charge in [-0.2, -0.15) is 0 Å². The number of benzene rings is 2. The minimum absolute atomic E-state index is 1.01. The Bertz CT molecular complexity index is 497. The molecule has 2 aromatic carbocycles. The van der Waals surface area contributed by atoms with Crippen LogP contribution in [0.4, 0.5) is 0 Å². The first kappa shape index (κ1) is 12.7. The summed E-state index contributed by atoms with van der Waals surface area (Å²) in [6.45, 7) is 1.00. The van der Waals surface area contributed by atoms with Gasteiger partial charge in [0.1, 0.15) is 0 Å². The van der Waals surface area contributed by atoms with Crippen LogP contribution in [0.2, 0.25) is 0 Å². The summed E-state index contributed by atoms with van der Waals surface area (Å²) in [6.07, 6.45) is 0. The Balaban J connectivity index is 2.67. The van der Waals surface area contributed by atoms with E-state index in [1.165, 1.54) is 0 Å². The first-order valence-corrected chi connectivity index (χ1v) is 8.76. The molecule has 0 aliphatic rings. The Hall–Kier alpha value is -1.73. The summed E-state index contributed by atoms with van der Waals surface area (Å²) in [6, 6.07) is 19.6. The van der Waals surface area contributed by atoms with Gasteiger partial charge in [-0.05, 0) is 0 Å². The molecule has 0 atom stereocenters. The van der Waals surface area contributed by atoms with Crippen LogP contribution in [-0.2, 0) is 4.62 Å². The molecule has 3 nitrogen and oxygen atoms in total. The van der Waals surface area contributed by atoms with Crippen molar-refractivity contribution >= 4 is 17.4 Å². The fraction of sp³-hybridized carbons (Fsp3) is 0.143. The molecule has 0 radical (unpaired) electrons. The Morgan fingerprint density at radius 1 is 0.833 bits per heavy atom. The van der Waals surface area contributed by atoms with Gasteiger partial charge in [-0.25, -0.2) is 0 Å². The molecule has 0 aliphatic carbocycles. The summed E-state index contributed by atoms with van der Waals surface area (Å²) in [5, 5.41) is 4.76. The van der Waals surface area contributed by atoms with Gasteiger partial charge in [0, 0.05) is 0 Å². The van der Waals surface area contributed by atoms with Crippen LogP contribution in [0.3, 0.4) is 0 Å². The molecule has 0 aromatic heterocycles. The zero-order valence-corrected chi connectivity index (χ0v) is 11.4. The molecule has 2 rings (SSSR count). The van der Waals surface area contributed by atoms with E-state index in [0.29, 0.717) is 0 Å². The Morgan fingerprint density at radius 3 is 1.56 bits per heavy atom. The maximum atomic E-state index is 10.7. The second-order valence-electron chi connectivity index (χ2n) is 4.83. The molecule has 0 amide bonds. The van der Waals surface area contributed by atoms with Gasteiger partial charge in [-0.3, -0.25) is 0 Å².